The number of para-hydroxylation sites is 1. The van der Waals surface area contributed by atoms with E-state index in [4.69, 9.17) is 0 Å². The molecule has 1 aliphatic rings. The van der Waals surface area contributed by atoms with Gasteiger partial charge in [0.1, 0.15) is 0 Å². The number of benzene rings is 1. The summed E-state index contributed by atoms with van der Waals surface area (Å²) in [6, 6.07) is 11.2. The number of hydrogen-bond acceptors (Lipinski definition) is 4. The van der Waals surface area contributed by atoms with Crippen LogP contribution in [0.4, 0.5) is 0 Å². The Morgan fingerprint density at radius 2 is 2.12 bits per heavy atom. The molecule has 0 spiro atoms. The lowest BCUT2D eigenvalue weighted by molar-refractivity contribution is 0.140. The van der Waals surface area contributed by atoms with E-state index in [1.54, 1.807) is 6.07 Å². The second-order valence-electron chi connectivity index (χ2n) is 6.97. The normalized spacial score (nSPS) is 21.2. The average Bonchev–Trinajstić information content (AvgIpc) is 3.13. The first-order valence-corrected chi connectivity index (χ1v) is 8.61. The number of pyridine rings is 1. The quantitative estimate of drug-likeness (QED) is 0.674. The molecule has 130 valence electrons. The lowest BCUT2D eigenvalue weighted by Gasteiger charge is -2.15. The highest BCUT2D eigenvalue weighted by atomic mass is 16.3. The molecule has 1 fully saturated rings. The van der Waals surface area contributed by atoms with Crippen LogP contribution >= 0.6 is 0 Å². The number of aliphatic hydroxyl groups is 1. The SMILES string of the molecule is Cc1cc(C[C@@H]2CN(Cc3cc(=O)c4ccccc4[nH]3)C[C@H]2O)n[nH]1. The van der Waals surface area contributed by atoms with Crippen molar-refractivity contribution in [2.75, 3.05) is 13.1 Å². The summed E-state index contributed by atoms with van der Waals surface area (Å²) in [4.78, 5) is 17.8. The molecule has 1 aromatic carbocycles. The van der Waals surface area contributed by atoms with E-state index in [2.05, 4.69) is 20.1 Å². The van der Waals surface area contributed by atoms with E-state index in [9.17, 15) is 9.90 Å². The number of β-amino-alcohol motifs (C(OH)–C–C–N with tert-alkyl or cyclic N) is 1. The first-order valence-electron chi connectivity index (χ1n) is 8.61. The van der Waals surface area contributed by atoms with Crippen molar-refractivity contribution < 1.29 is 5.11 Å². The van der Waals surface area contributed by atoms with Gasteiger partial charge >= 0.3 is 0 Å². The van der Waals surface area contributed by atoms with Crippen molar-refractivity contribution in [2.24, 2.45) is 5.92 Å². The predicted molar refractivity (Wildman–Crippen MR) is 96.4 cm³/mol. The lowest BCUT2D eigenvalue weighted by atomic mass is 10.0. The van der Waals surface area contributed by atoms with Crippen molar-refractivity contribution in [3.05, 3.63) is 63.7 Å². The minimum atomic E-state index is -0.371. The molecule has 6 heteroatoms. The van der Waals surface area contributed by atoms with Crippen LogP contribution in [0.2, 0.25) is 0 Å². The van der Waals surface area contributed by atoms with Crippen molar-refractivity contribution in [3.8, 4) is 0 Å². The third-order valence-corrected chi connectivity index (χ3v) is 4.90. The third kappa shape index (κ3) is 3.36. The largest absolute Gasteiger partial charge is 0.391 e. The fourth-order valence-electron chi connectivity index (χ4n) is 3.70. The van der Waals surface area contributed by atoms with Crippen LogP contribution in [0.5, 0.6) is 0 Å². The van der Waals surface area contributed by atoms with Crippen LogP contribution in [-0.2, 0) is 13.0 Å². The minimum absolute atomic E-state index is 0.0349. The zero-order chi connectivity index (χ0) is 17.4. The molecule has 6 nitrogen and oxygen atoms in total. The molecule has 2 aromatic heterocycles. The van der Waals surface area contributed by atoms with Gasteiger partial charge in [-0.05, 0) is 31.5 Å². The van der Waals surface area contributed by atoms with E-state index in [1.165, 1.54) is 0 Å². The van der Waals surface area contributed by atoms with Gasteiger partial charge in [-0.3, -0.25) is 14.8 Å². The van der Waals surface area contributed by atoms with Crippen molar-refractivity contribution in [3.63, 3.8) is 0 Å². The summed E-state index contributed by atoms with van der Waals surface area (Å²) in [7, 11) is 0. The molecule has 0 aliphatic carbocycles. The van der Waals surface area contributed by atoms with Gasteiger partial charge < -0.3 is 10.1 Å². The highest BCUT2D eigenvalue weighted by Gasteiger charge is 2.31. The molecule has 3 aromatic rings. The second-order valence-corrected chi connectivity index (χ2v) is 6.97. The standard InChI is InChI=1S/C19H22N4O2/c1-12-6-14(22-21-12)7-13-9-23(11-19(13)25)10-15-8-18(24)16-4-2-3-5-17(16)20-15/h2-6,8,13,19,25H,7,9-11H2,1H3,(H,20,24)(H,21,22)/t13-,19-/m1/s1. The highest BCUT2D eigenvalue weighted by molar-refractivity contribution is 5.78. The van der Waals surface area contributed by atoms with Gasteiger partial charge in [-0.2, -0.15) is 5.10 Å². The van der Waals surface area contributed by atoms with E-state index in [0.29, 0.717) is 18.5 Å². The Morgan fingerprint density at radius 1 is 1.28 bits per heavy atom. The van der Waals surface area contributed by atoms with Gasteiger partial charge in [-0.1, -0.05) is 12.1 Å². The lowest BCUT2D eigenvalue weighted by Crippen LogP contribution is -2.23. The number of H-pyrrole nitrogens is 2. The number of hydrogen-bond donors (Lipinski definition) is 3. The molecule has 0 radical (unpaired) electrons. The number of rotatable bonds is 4. The number of aromatic amines is 2. The number of likely N-dealkylation sites (tertiary alicyclic amines) is 1. The van der Waals surface area contributed by atoms with Gasteiger partial charge in [0.2, 0.25) is 0 Å². The Hall–Kier alpha value is -2.44. The summed E-state index contributed by atoms with van der Waals surface area (Å²) in [6.45, 7) is 4.02. The Balaban J connectivity index is 1.47. The molecular formula is C19H22N4O2. The molecular weight excluding hydrogens is 316 g/mol. The molecule has 4 rings (SSSR count). The third-order valence-electron chi connectivity index (χ3n) is 4.90. The predicted octanol–water partition coefficient (Wildman–Crippen LogP) is 1.60. The Kier molecular flexibility index (Phi) is 4.15. The molecule has 0 unspecified atom stereocenters. The van der Waals surface area contributed by atoms with Crippen LogP contribution in [-0.4, -0.2) is 44.4 Å². The molecule has 25 heavy (non-hydrogen) atoms. The van der Waals surface area contributed by atoms with Crippen LogP contribution in [0, 0.1) is 12.8 Å². The number of aromatic nitrogens is 3. The molecule has 2 atom stereocenters. The Morgan fingerprint density at radius 3 is 2.92 bits per heavy atom. The smallest absolute Gasteiger partial charge is 0.189 e. The summed E-state index contributed by atoms with van der Waals surface area (Å²) >= 11 is 0. The first kappa shape index (κ1) is 16.1. The Labute approximate surface area is 145 Å². The van der Waals surface area contributed by atoms with E-state index >= 15 is 0 Å². The number of nitrogens with zero attached hydrogens (tertiary/aromatic N) is 2. The maximum Gasteiger partial charge on any atom is 0.189 e. The van der Waals surface area contributed by atoms with Gasteiger partial charge in [-0.15, -0.1) is 0 Å². The van der Waals surface area contributed by atoms with Crippen LogP contribution in [0.15, 0.2) is 41.2 Å². The van der Waals surface area contributed by atoms with Gasteiger partial charge in [0.25, 0.3) is 0 Å². The maximum atomic E-state index is 12.2. The van der Waals surface area contributed by atoms with Crippen LogP contribution in [0.3, 0.4) is 0 Å². The van der Waals surface area contributed by atoms with Gasteiger partial charge in [0, 0.05) is 53.9 Å². The van der Waals surface area contributed by atoms with E-state index in [-0.39, 0.29) is 17.5 Å². The van der Waals surface area contributed by atoms with E-state index in [0.717, 1.165) is 35.6 Å². The van der Waals surface area contributed by atoms with Crippen molar-refractivity contribution in [1.82, 2.24) is 20.1 Å². The van der Waals surface area contributed by atoms with Crippen molar-refractivity contribution in [2.45, 2.75) is 26.0 Å². The summed E-state index contributed by atoms with van der Waals surface area (Å²) in [5, 5.41) is 18.3. The van der Waals surface area contributed by atoms with Gasteiger partial charge in [0.05, 0.1) is 11.8 Å². The Bertz CT molecular complexity index is 946. The van der Waals surface area contributed by atoms with Crippen molar-refractivity contribution in [1.29, 1.82) is 0 Å². The molecule has 3 N–H and O–H groups in total. The minimum Gasteiger partial charge on any atom is -0.391 e. The number of aliphatic hydroxyl groups excluding tert-OH is 1. The van der Waals surface area contributed by atoms with Gasteiger partial charge in [0.15, 0.2) is 5.43 Å². The van der Waals surface area contributed by atoms with E-state index in [1.807, 2.05) is 37.3 Å². The number of nitrogens with one attached hydrogen (secondary N) is 2. The molecule has 0 saturated carbocycles. The summed E-state index contributed by atoms with van der Waals surface area (Å²) in [6.07, 6.45) is 0.389. The van der Waals surface area contributed by atoms with Crippen LogP contribution < -0.4 is 5.43 Å². The first-order chi connectivity index (χ1) is 12.1. The summed E-state index contributed by atoms with van der Waals surface area (Å²) in [5.41, 5.74) is 3.80. The summed E-state index contributed by atoms with van der Waals surface area (Å²) < 4.78 is 0. The van der Waals surface area contributed by atoms with Gasteiger partial charge in [-0.25, -0.2) is 0 Å². The molecule has 0 amide bonds. The fourth-order valence-corrected chi connectivity index (χ4v) is 3.70. The monoisotopic (exact) mass is 338 g/mol. The zero-order valence-electron chi connectivity index (χ0n) is 14.2. The number of aryl methyl sites for hydroxylation is 1. The maximum absolute atomic E-state index is 12.2. The van der Waals surface area contributed by atoms with Crippen LogP contribution in [0.1, 0.15) is 17.1 Å². The highest BCUT2D eigenvalue weighted by Crippen LogP contribution is 2.22. The number of fused-ring (bicyclic) bond motifs is 1. The molecule has 1 saturated heterocycles. The summed E-state index contributed by atoms with van der Waals surface area (Å²) in [5.74, 6) is 0.162. The fraction of sp³-hybridized carbons (Fsp3) is 0.368. The average molecular weight is 338 g/mol. The molecule has 3 heterocycles. The molecule has 0 bridgehead atoms. The molecule has 1 aliphatic heterocycles. The zero-order valence-corrected chi connectivity index (χ0v) is 14.2. The van der Waals surface area contributed by atoms with Crippen molar-refractivity contribution >= 4 is 10.9 Å². The second kappa shape index (κ2) is 6.46. The van der Waals surface area contributed by atoms with Crippen LogP contribution in [0.25, 0.3) is 10.9 Å². The topological polar surface area (TPSA) is 85.0 Å². The van der Waals surface area contributed by atoms with E-state index < -0.39 is 0 Å².